The summed E-state index contributed by atoms with van der Waals surface area (Å²) in [6.45, 7) is 0. The maximum atomic E-state index is 12.3. The van der Waals surface area contributed by atoms with Crippen molar-refractivity contribution in [1.82, 2.24) is 0 Å². The predicted octanol–water partition coefficient (Wildman–Crippen LogP) is -0.0400. The van der Waals surface area contributed by atoms with Crippen molar-refractivity contribution < 1.29 is 8.83 Å². The van der Waals surface area contributed by atoms with Gasteiger partial charge in [0.1, 0.15) is 0 Å². The second-order valence-corrected chi connectivity index (χ2v) is 5.90. The van der Waals surface area contributed by atoms with Gasteiger partial charge in [-0.05, 0) is 45.8 Å². The Balaban J connectivity index is 2.33. The third-order valence-corrected chi connectivity index (χ3v) is 4.52. The fraction of sp³-hybridized carbons (Fsp3) is 0. The van der Waals surface area contributed by atoms with Crippen LogP contribution in [0.3, 0.4) is 0 Å². The summed E-state index contributed by atoms with van der Waals surface area (Å²) in [5.74, 6) is 0. The van der Waals surface area contributed by atoms with Crippen LogP contribution < -0.4 is 33.4 Å². The molecule has 3 aromatic carbocycles. The van der Waals surface area contributed by atoms with Crippen molar-refractivity contribution in [2.45, 2.75) is 0 Å². The quantitative estimate of drug-likeness (QED) is 0.282. The molecule has 0 N–H and O–H groups in total. The molecule has 26 heavy (non-hydrogen) atoms. The molecule has 8 heteroatoms. The second-order valence-electron chi connectivity index (χ2n) is 5.90. The van der Waals surface area contributed by atoms with E-state index < -0.39 is 33.4 Å². The van der Waals surface area contributed by atoms with E-state index in [0.29, 0.717) is 10.8 Å². The molecule has 0 saturated heterocycles. The first-order valence-corrected chi connectivity index (χ1v) is 7.35. The lowest BCUT2D eigenvalue weighted by molar-refractivity contribution is 0.488. The Bertz CT molecular complexity index is 1620. The van der Waals surface area contributed by atoms with E-state index in [1.807, 2.05) is 0 Å². The zero-order chi connectivity index (χ0) is 18.3. The fourth-order valence-electron chi connectivity index (χ4n) is 3.45. The Hall–Kier alpha value is -3.94. The molecule has 3 aromatic heterocycles. The molecule has 3 heterocycles. The lowest BCUT2D eigenvalue weighted by atomic mass is 9.96. The van der Waals surface area contributed by atoms with Gasteiger partial charge in [0.15, 0.2) is 0 Å². The van der Waals surface area contributed by atoms with Gasteiger partial charge in [-0.2, -0.15) is 0 Å². The highest BCUT2D eigenvalue weighted by atomic mass is 16.4. The Morgan fingerprint density at radius 3 is 1.19 bits per heavy atom. The molecule has 6 aromatic rings. The maximum Gasteiger partial charge on any atom is 0.347 e. The van der Waals surface area contributed by atoms with E-state index in [1.54, 1.807) is 0 Å². The molecule has 124 valence electrons. The first kappa shape index (κ1) is 14.4. The molecule has 0 spiro atoms. The van der Waals surface area contributed by atoms with Crippen LogP contribution in [0.15, 0.2) is 61.9 Å². The molecule has 0 radical (unpaired) electrons. The lowest BCUT2D eigenvalue weighted by Crippen LogP contribution is -2.20. The molecule has 2 bridgehead atoms. The number of hydrogen-bond acceptors (Lipinski definition) is 8. The minimum Gasteiger partial charge on any atom is -0.386 e. The van der Waals surface area contributed by atoms with Crippen LogP contribution in [0.4, 0.5) is 0 Å². The summed E-state index contributed by atoms with van der Waals surface area (Å²) in [6.07, 6.45) is 0. The highest BCUT2D eigenvalue weighted by Gasteiger charge is 2.24. The molecule has 0 amide bonds. The van der Waals surface area contributed by atoms with Gasteiger partial charge in [-0.1, -0.05) is 0 Å². The molecule has 0 aliphatic rings. The van der Waals surface area contributed by atoms with Crippen molar-refractivity contribution in [1.29, 1.82) is 0 Å². The van der Waals surface area contributed by atoms with E-state index in [4.69, 9.17) is 4.42 Å². The number of fused-ring (bicyclic) bond motifs is 3. The molecule has 0 fully saturated rings. The fourth-order valence-corrected chi connectivity index (χ4v) is 3.45. The summed E-state index contributed by atoms with van der Waals surface area (Å²) >= 11 is 0. The minimum absolute atomic E-state index is 0.159. The molecule has 0 unspecified atom stereocenters. The van der Waals surface area contributed by atoms with Crippen LogP contribution in [0, 0.1) is 0 Å². The predicted molar refractivity (Wildman–Crippen MR) is 92.2 cm³/mol. The second kappa shape index (κ2) is 4.37. The third-order valence-electron chi connectivity index (χ3n) is 4.52. The zero-order valence-corrected chi connectivity index (χ0v) is 12.6. The number of benzene rings is 3. The first-order valence-electron chi connectivity index (χ1n) is 7.35. The molecule has 0 saturated carbocycles. The van der Waals surface area contributed by atoms with Crippen molar-refractivity contribution in [3.8, 4) is 0 Å². The zero-order valence-electron chi connectivity index (χ0n) is 12.6. The standard InChI is InChI=1S/C18H4O8/c19-9-3-5-1-7-8(2-6(5)4-10(9)20)12-14-13(17(23)26-18(14)24)11(7)15(21)25-16(12)22/h1-4H. The van der Waals surface area contributed by atoms with Crippen LogP contribution >= 0.6 is 0 Å². The molecule has 0 atom stereocenters. The van der Waals surface area contributed by atoms with E-state index in [1.165, 1.54) is 12.1 Å². The molecular weight excluding hydrogens is 344 g/mol. The normalized spacial score (nSPS) is 12.0. The van der Waals surface area contributed by atoms with Crippen molar-refractivity contribution in [2.75, 3.05) is 0 Å². The Morgan fingerprint density at radius 2 is 0.808 bits per heavy atom. The highest BCUT2D eigenvalue weighted by Crippen LogP contribution is 2.31. The van der Waals surface area contributed by atoms with Gasteiger partial charge in [-0.3, -0.25) is 9.59 Å². The van der Waals surface area contributed by atoms with Crippen molar-refractivity contribution in [3.63, 3.8) is 0 Å². The summed E-state index contributed by atoms with van der Waals surface area (Å²) in [4.78, 5) is 72.0. The van der Waals surface area contributed by atoms with Crippen LogP contribution in [0.1, 0.15) is 0 Å². The van der Waals surface area contributed by atoms with Crippen LogP contribution in [0.2, 0.25) is 0 Å². The Labute approximate surface area is 139 Å². The maximum absolute atomic E-state index is 12.3. The van der Waals surface area contributed by atoms with Gasteiger partial charge < -0.3 is 8.83 Å². The summed E-state index contributed by atoms with van der Waals surface area (Å²) in [7, 11) is 0. The van der Waals surface area contributed by atoms with Gasteiger partial charge in [0.05, 0.1) is 21.5 Å². The van der Waals surface area contributed by atoms with Crippen LogP contribution in [-0.4, -0.2) is 0 Å². The molecule has 8 nitrogen and oxygen atoms in total. The highest BCUT2D eigenvalue weighted by molar-refractivity contribution is 6.26. The van der Waals surface area contributed by atoms with E-state index in [0.717, 1.165) is 12.1 Å². The summed E-state index contributed by atoms with van der Waals surface area (Å²) < 4.78 is 9.27. The Morgan fingerprint density at radius 1 is 0.462 bits per heavy atom. The smallest absolute Gasteiger partial charge is 0.347 e. The average Bonchev–Trinajstić information content (AvgIpc) is 2.74. The van der Waals surface area contributed by atoms with Crippen molar-refractivity contribution in [3.05, 3.63) is 86.4 Å². The summed E-state index contributed by atoms with van der Waals surface area (Å²) in [5, 5.41) is -0.199. The van der Waals surface area contributed by atoms with Gasteiger partial charge >= 0.3 is 22.5 Å². The number of furan rings is 1. The van der Waals surface area contributed by atoms with Gasteiger partial charge in [-0.25, -0.2) is 19.2 Å². The average molecular weight is 348 g/mol. The van der Waals surface area contributed by atoms with Gasteiger partial charge in [0, 0.05) is 0 Å². The van der Waals surface area contributed by atoms with Crippen LogP contribution in [0.25, 0.3) is 43.1 Å². The van der Waals surface area contributed by atoms with Gasteiger partial charge in [0.2, 0.25) is 10.9 Å². The SMILES string of the molecule is O=c1cc2cc3c(cc2cc1=O)c1c(=O)oc(=O)c3c2c(=O)oc(=O)c12. The monoisotopic (exact) mass is 348 g/mol. The Kier molecular flexibility index (Phi) is 2.42. The van der Waals surface area contributed by atoms with Crippen molar-refractivity contribution >= 4 is 43.1 Å². The van der Waals surface area contributed by atoms with E-state index in [2.05, 4.69) is 4.42 Å². The summed E-state index contributed by atoms with van der Waals surface area (Å²) in [5.41, 5.74) is -5.75. The van der Waals surface area contributed by atoms with E-state index >= 15 is 0 Å². The van der Waals surface area contributed by atoms with Crippen molar-refractivity contribution in [2.24, 2.45) is 0 Å². The number of hydrogen-bond donors (Lipinski definition) is 0. The molecule has 0 aliphatic carbocycles. The third kappa shape index (κ3) is 1.57. The van der Waals surface area contributed by atoms with Crippen LogP contribution in [-0.2, 0) is 0 Å². The van der Waals surface area contributed by atoms with Gasteiger partial charge in [-0.15, -0.1) is 0 Å². The lowest BCUT2D eigenvalue weighted by Gasteiger charge is -2.03. The first-order chi connectivity index (χ1) is 12.4. The van der Waals surface area contributed by atoms with Crippen LogP contribution in [0.5, 0.6) is 0 Å². The topological polar surface area (TPSA) is 129 Å². The molecular formula is C18H4O8. The minimum atomic E-state index is -1.09. The van der Waals surface area contributed by atoms with Gasteiger partial charge in [0.25, 0.3) is 0 Å². The van der Waals surface area contributed by atoms with E-state index in [-0.39, 0.29) is 32.3 Å². The molecule has 6 rings (SSSR count). The summed E-state index contributed by atoms with van der Waals surface area (Å²) in [6, 6.07) is 5.01. The molecule has 0 aliphatic heterocycles. The largest absolute Gasteiger partial charge is 0.386 e. The van der Waals surface area contributed by atoms with E-state index in [9.17, 15) is 28.8 Å². The number of rotatable bonds is 0.